The van der Waals surface area contributed by atoms with Gasteiger partial charge in [-0.3, -0.25) is 4.99 Å². The number of anilines is 1. The van der Waals surface area contributed by atoms with Crippen LogP contribution < -0.4 is 10.6 Å². The first kappa shape index (κ1) is 26.3. The second-order valence-corrected chi connectivity index (χ2v) is 11.2. The van der Waals surface area contributed by atoms with Crippen LogP contribution in [0.25, 0.3) is 22.3 Å². The topological polar surface area (TPSA) is 108 Å². The van der Waals surface area contributed by atoms with Gasteiger partial charge in [0.15, 0.2) is 0 Å². The quantitative estimate of drug-likeness (QED) is 0.451. The molecule has 0 aromatic carbocycles. The molecule has 1 fully saturated rings. The third-order valence-corrected chi connectivity index (χ3v) is 7.94. The fourth-order valence-corrected chi connectivity index (χ4v) is 5.37. The number of nitrogens with zero attached hydrogens (tertiary/aromatic N) is 7. The van der Waals surface area contributed by atoms with E-state index in [0.717, 1.165) is 37.3 Å². The number of fused-ring (bicyclic) bond motifs is 1. The Bertz CT molecular complexity index is 1340. The van der Waals surface area contributed by atoms with Crippen molar-refractivity contribution in [3.8, 4) is 17.3 Å². The smallest absolute Gasteiger partial charge is 0.128 e. The molecule has 37 heavy (non-hydrogen) atoms. The van der Waals surface area contributed by atoms with Crippen LogP contribution in [0.5, 0.6) is 0 Å². The second kappa shape index (κ2) is 10.3. The van der Waals surface area contributed by atoms with Crippen LogP contribution in [0, 0.1) is 22.2 Å². The Morgan fingerprint density at radius 3 is 2.51 bits per heavy atom. The molecule has 3 aromatic heterocycles. The van der Waals surface area contributed by atoms with E-state index >= 15 is 0 Å². The zero-order valence-electron chi connectivity index (χ0n) is 22.9. The first-order valence-corrected chi connectivity index (χ1v) is 13.1. The van der Waals surface area contributed by atoms with Crippen LogP contribution in [0.1, 0.15) is 72.1 Å². The number of allylic oxidation sites excluding steroid dienone is 1. The maximum Gasteiger partial charge on any atom is 0.128 e. The molecular formula is C29H38N8. The molecule has 4 rings (SSSR count). The van der Waals surface area contributed by atoms with Crippen LogP contribution in [0.4, 0.5) is 5.82 Å². The fourth-order valence-electron chi connectivity index (χ4n) is 5.37. The maximum atomic E-state index is 9.69. The van der Waals surface area contributed by atoms with Gasteiger partial charge in [-0.1, -0.05) is 27.7 Å². The minimum atomic E-state index is 0.130. The van der Waals surface area contributed by atoms with E-state index in [1.54, 1.807) is 23.1 Å². The van der Waals surface area contributed by atoms with Gasteiger partial charge in [-0.15, -0.1) is 0 Å². The third kappa shape index (κ3) is 5.08. The van der Waals surface area contributed by atoms with Gasteiger partial charge in [-0.25, -0.2) is 14.5 Å². The van der Waals surface area contributed by atoms with Gasteiger partial charge in [-0.05, 0) is 56.1 Å². The van der Waals surface area contributed by atoms with E-state index in [0.29, 0.717) is 33.5 Å². The van der Waals surface area contributed by atoms with Crippen molar-refractivity contribution in [2.45, 2.75) is 66.8 Å². The van der Waals surface area contributed by atoms with Crippen molar-refractivity contribution in [1.82, 2.24) is 19.6 Å². The molecule has 0 radical (unpaired) electrons. The lowest BCUT2D eigenvalue weighted by Gasteiger charge is -2.50. The first-order chi connectivity index (χ1) is 17.6. The van der Waals surface area contributed by atoms with Gasteiger partial charge >= 0.3 is 0 Å². The average Bonchev–Trinajstić information content (AvgIpc) is 3.31. The summed E-state index contributed by atoms with van der Waals surface area (Å²) in [6.07, 6.45) is 11.9. The third-order valence-electron chi connectivity index (χ3n) is 7.94. The Balaban J connectivity index is 1.68. The average molecular weight is 499 g/mol. The Hall–Kier alpha value is -3.73. The molecule has 3 aromatic rings. The monoisotopic (exact) mass is 498 g/mol. The van der Waals surface area contributed by atoms with Crippen LogP contribution in [0.15, 0.2) is 41.9 Å². The van der Waals surface area contributed by atoms with E-state index in [9.17, 15) is 5.26 Å². The summed E-state index contributed by atoms with van der Waals surface area (Å²) < 4.78 is 1.68. The normalized spacial score (nSPS) is 16.6. The molecule has 0 atom stereocenters. The molecule has 1 aliphatic rings. The highest BCUT2D eigenvalue weighted by molar-refractivity contribution is 6.09. The van der Waals surface area contributed by atoms with Gasteiger partial charge in [0.1, 0.15) is 23.0 Å². The highest BCUT2D eigenvalue weighted by Crippen LogP contribution is 2.49. The molecule has 0 aliphatic carbocycles. The number of pyridine rings is 1. The number of nitriles is 1. The summed E-state index contributed by atoms with van der Waals surface area (Å²) in [7, 11) is 0. The van der Waals surface area contributed by atoms with Crippen LogP contribution in [0.2, 0.25) is 0 Å². The van der Waals surface area contributed by atoms with Gasteiger partial charge in [0.2, 0.25) is 0 Å². The van der Waals surface area contributed by atoms with E-state index in [1.165, 1.54) is 12.6 Å². The molecule has 8 heteroatoms. The zero-order valence-corrected chi connectivity index (χ0v) is 22.9. The SMILES string of the molecule is CCC1(C(C)(C)C)CCN(c2ccc(-c3nc(/C(C=NC(C)C)=C/N)cn4ncc(C#N)c34)cn2)CC1. The van der Waals surface area contributed by atoms with Gasteiger partial charge in [-0.2, -0.15) is 10.4 Å². The Labute approximate surface area is 219 Å². The zero-order chi connectivity index (χ0) is 26.8. The van der Waals surface area contributed by atoms with Crippen molar-refractivity contribution < 1.29 is 0 Å². The van der Waals surface area contributed by atoms with Gasteiger partial charge < -0.3 is 10.6 Å². The van der Waals surface area contributed by atoms with E-state index in [2.05, 4.69) is 54.8 Å². The maximum absolute atomic E-state index is 9.69. The molecule has 2 N–H and O–H groups in total. The molecule has 0 spiro atoms. The summed E-state index contributed by atoms with van der Waals surface area (Å²) in [4.78, 5) is 16.6. The van der Waals surface area contributed by atoms with Crippen molar-refractivity contribution in [3.05, 3.63) is 48.2 Å². The Morgan fingerprint density at radius 2 is 1.97 bits per heavy atom. The molecule has 8 nitrogen and oxygen atoms in total. The standard InChI is InChI=1S/C29H38N8/c1-7-29(28(4,5)6)10-12-36(13-11-29)25-9-8-21(16-33-25)26-27-23(15-31)18-34-37(27)19-24(35-26)22(14-30)17-32-20(2)3/h8-9,14,16-20H,7,10-13,30H2,1-6H3/b22-14+,32-17?. The van der Waals surface area contributed by atoms with Crippen molar-refractivity contribution in [2.75, 3.05) is 18.0 Å². The van der Waals surface area contributed by atoms with Gasteiger partial charge in [0, 0.05) is 48.9 Å². The number of hydrogen-bond acceptors (Lipinski definition) is 7. The van der Waals surface area contributed by atoms with Crippen molar-refractivity contribution in [2.24, 2.45) is 21.6 Å². The van der Waals surface area contributed by atoms with Crippen LogP contribution in [-0.2, 0) is 0 Å². The lowest BCUT2D eigenvalue weighted by molar-refractivity contribution is 0.0494. The van der Waals surface area contributed by atoms with Crippen LogP contribution >= 0.6 is 0 Å². The lowest BCUT2D eigenvalue weighted by Crippen LogP contribution is -2.46. The summed E-state index contributed by atoms with van der Waals surface area (Å²) in [6.45, 7) is 15.4. The van der Waals surface area contributed by atoms with E-state index in [4.69, 9.17) is 15.7 Å². The summed E-state index contributed by atoms with van der Waals surface area (Å²) in [5, 5.41) is 14.1. The van der Waals surface area contributed by atoms with Crippen molar-refractivity contribution in [3.63, 3.8) is 0 Å². The minimum absolute atomic E-state index is 0.130. The molecule has 0 saturated carbocycles. The Morgan fingerprint density at radius 1 is 1.24 bits per heavy atom. The highest BCUT2D eigenvalue weighted by atomic mass is 15.2. The highest BCUT2D eigenvalue weighted by Gasteiger charge is 2.42. The summed E-state index contributed by atoms with van der Waals surface area (Å²) in [5.74, 6) is 0.968. The number of hydrogen-bond donors (Lipinski definition) is 1. The minimum Gasteiger partial charge on any atom is -0.404 e. The van der Waals surface area contributed by atoms with Gasteiger partial charge in [0.25, 0.3) is 0 Å². The largest absolute Gasteiger partial charge is 0.404 e. The van der Waals surface area contributed by atoms with Crippen LogP contribution in [0.3, 0.4) is 0 Å². The molecule has 1 aliphatic heterocycles. The molecular weight excluding hydrogens is 460 g/mol. The molecule has 0 bridgehead atoms. The van der Waals surface area contributed by atoms with E-state index in [1.807, 2.05) is 26.1 Å². The van der Waals surface area contributed by atoms with Crippen molar-refractivity contribution >= 4 is 23.1 Å². The summed E-state index contributed by atoms with van der Waals surface area (Å²) in [5.41, 5.74) is 10.4. The van der Waals surface area contributed by atoms with Crippen LogP contribution in [-0.4, -0.2) is 44.9 Å². The number of piperidine rings is 1. The number of rotatable bonds is 6. The van der Waals surface area contributed by atoms with Gasteiger partial charge in [0.05, 0.1) is 23.8 Å². The predicted molar refractivity (Wildman–Crippen MR) is 150 cm³/mol. The molecule has 0 unspecified atom stereocenters. The molecule has 1 saturated heterocycles. The second-order valence-electron chi connectivity index (χ2n) is 11.2. The number of aliphatic imine (C=N–C) groups is 1. The number of nitrogens with two attached hydrogens (primary N) is 1. The van der Waals surface area contributed by atoms with E-state index < -0.39 is 0 Å². The number of aromatic nitrogens is 4. The summed E-state index contributed by atoms with van der Waals surface area (Å²) >= 11 is 0. The Kier molecular flexibility index (Phi) is 7.35. The first-order valence-electron chi connectivity index (χ1n) is 13.1. The summed E-state index contributed by atoms with van der Waals surface area (Å²) in [6, 6.07) is 6.45. The van der Waals surface area contributed by atoms with Crippen molar-refractivity contribution in [1.29, 1.82) is 5.26 Å². The predicted octanol–water partition coefficient (Wildman–Crippen LogP) is 5.48. The fraction of sp³-hybridized carbons (Fsp3) is 0.483. The lowest BCUT2D eigenvalue weighted by atomic mass is 9.60. The van der Waals surface area contributed by atoms with E-state index in [-0.39, 0.29) is 11.5 Å². The molecule has 0 amide bonds. The molecule has 4 heterocycles. The molecule has 194 valence electrons.